The number of nitriles is 1. The third-order valence-corrected chi connectivity index (χ3v) is 2.76. The predicted molar refractivity (Wildman–Crippen MR) is 67.6 cm³/mol. The average Bonchev–Trinajstić information content (AvgIpc) is 2.41. The zero-order valence-corrected chi connectivity index (χ0v) is 10.9. The van der Waals surface area contributed by atoms with Gasteiger partial charge in [0.2, 0.25) is 5.69 Å². The Hall–Kier alpha value is -2.53. The van der Waals surface area contributed by atoms with Crippen LogP contribution >= 0.6 is 15.9 Å². The highest BCUT2D eigenvalue weighted by atomic mass is 79.9. The Morgan fingerprint density at radius 1 is 1.37 bits per heavy atom. The van der Waals surface area contributed by atoms with Gasteiger partial charge in [-0.05, 0) is 22.0 Å². The molecule has 0 saturated heterocycles. The molecule has 7 nitrogen and oxygen atoms in total. The normalized spacial score (nSPS) is 9.68. The van der Waals surface area contributed by atoms with Crippen molar-refractivity contribution in [3.05, 3.63) is 50.9 Å². The summed E-state index contributed by atoms with van der Waals surface area (Å²) in [5.74, 6) is 0.178. The molecule has 0 aliphatic rings. The fourth-order valence-corrected chi connectivity index (χ4v) is 1.59. The fraction of sp³-hybridized carbons (Fsp3) is 0. The Labute approximate surface area is 115 Å². The second-order valence-electron chi connectivity index (χ2n) is 3.30. The molecule has 0 N–H and O–H groups in total. The Kier molecular flexibility index (Phi) is 3.68. The molecule has 94 valence electrons. The summed E-state index contributed by atoms with van der Waals surface area (Å²) >= 11 is 3.20. The van der Waals surface area contributed by atoms with Crippen LogP contribution in [0.5, 0.6) is 11.6 Å². The minimum atomic E-state index is -0.540. The van der Waals surface area contributed by atoms with Crippen LogP contribution in [-0.4, -0.2) is 14.9 Å². The molecular weight excluding hydrogens is 316 g/mol. The average molecular weight is 321 g/mol. The number of aromatic nitrogens is 2. The van der Waals surface area contributed by atoms with Crippen LogP contribution in [0, 0.1) is 21.4 Å². The topological polar surface area (TPSA) is 102 Å². The highest BCUT2D eigenvalue weighted by molar-refractivity contribution is 9.10. The van der Waals surface area contributed by atoms with E-state index in [9.17, 15) is 10.1 Å². The maximum Gasteiger partial charge on any atom is 0.273 e. The van der Waals surface area contributed by atoms with E-state index in [1.165, 1.54) is 30.6 Å². The molecule has 2 rings (SSSR count). The number of nitro groups is 1. The van der Waals surface area contributed by atoms with Gasteiger partial charge in [-0.15, -0.1) is 0 Å². The lowest BCUT2D eigenvalue weighted by Gasteiger charge is -2.06. The van der Waals surface area contributed by atoms with Crippen LogP contribution in [0.15, 0.2) is 35.1 Å². The molecule has 0 fully saturated rings. The molecular formula is C11H5BrN4O3. The lowest BCUT2D eigenvalue weighted by atomic mass is 10.3. The predicted octanol–water partition coefficient (Wildman–Crippen LogP) is 2.81. The van der Waals surface area contributed by atoms with Crippen LogP contribution in [0.2, 0.25) is 0 Å². The summed E-state index contributed by atoms with van der Waals surface area (Å²) in [5.41, 5.74) is -0.124. The van der Waals surface area contributed by atoms with E-state index in [0.717, 1.165) is 0 Å². The third-order valence-electron chi connectivity index (χ3n) is 2.10. The Morgan fingerprint density at radius 2 is 2.11 bits per heavy atom. The molecule has 0 atom stereocenters. The number of rotatable bonds is 3. The smallest absolute Gasteiger partial charge is 0.273 e. The van der Waals surface area contributed by atoms with Crippen molar-refractivity contribution in [1.82, 2.24) is 9.97 Å². The van der Waals surface area contributed by atoms with Crippen LogP contribution in [-0.2, 0) is 0 Å². The number of non-ortho nitro benzene ring substituents is 1. The first-order valence-electron chi connectivity index (χ1n) is 4.94. The molecule has 1 heterocycles. The molecule has 0 aliphatic heterocycles. The van der Waals surface area contributed by atoms with Gasteiger partial charge in [-0.3, -0.25) is 10.1 Å². The van der Waals surface area contributed by atoms with Crippen molar-refractivity contribution < 1.29 is 9.66 Å². The van der Waals surface area contributed by atoms with Gasteiger partial charge in [-0.2, -0.15) is 5.26 Å². The van der Waals surface area contributed by atoms with Gasteiger partial charge in [-0.25, -0.2) is 9.97 Å². The number of hydrogen-bond donors (Lipinski definition) is 0. The SMILES string of the molecule is N#Cc1nccnc1Oc1cc([N+](=O)[O-])ccc1Br. The Balaban J connectivity index is 2.41. The first kappa shape index (κ1) is 12.9. The first-order chi connectivity index (χ1) is 9.11. The van der Waals surface area contributed by atoms with Crippen LogP contribution in [0.1, 0.15) is 5.69 Å². The maximum atomic E-state index is 10.7. The van der Waals surface area contributed by atoms with Gasteiger partial charge in [-0.1, -0.05) is 0 Å². The number of nitro benzene ring substituents is 1. The third kappa shape index (κ3) is 2.83. The Morgan fingerprint density at radius 3 is 2.79 bits per heavy atom. The summed E-state index contributed by atoms with van der Waals surface area (Å²) < 4.78 is 5.88. The molecule has 8 heteroatoms. The van der Waals surface area contributed by atoms with E-state index in [4.69, 9.17) is 10.00 Å². The lowest BCUT2D eigenvalue weighted by Crippen LogP contribution is -1.95. The van der Waals surface area contributed by atoms with Crippen molar-refractivity contribution in [3.8, 4) is 17.7 Å². The number of nitrogens with zero attached hydrogens (tertiary/aromatic N) is 4. The molecule has 0 radical (unpaired) electrons. The van der Waals surface area contributed by atoms with Crippen molar-refractivity contribution in [3.63, 3.8) is 0 Å². The molecule has 0 bridgehead atoms. The van der Waals surface area contributed by atoms with Gasteiger partial charge in [0.15, 0.2) is 5.75 Å². The standard InChI is InChI=1S/C11H5BrN4O3/c12-8-2-1-7(16(17)18)5-10(8)19-11-9(6-13)14-3-4-15-11/h1-5H. The quantitative estimate of drug-likeness (QED) is 0.636. The van der Waals surface area contributed by atoms with E-state index < -0.39 is 4.92 Å². The number of halogens is 1. The van der Waals surface area contributed by atoms with Crippen LogP contribution in [0.4, 0.5) is 5.69 Å². The van der Waals surface area contributed by atoms with Crippen molar-refractivity contribution in [1.29, 1.82) is 5.26 Å². The maximum absolute atomic E-state index is 10.7. The fourth-order valence-electron chi connectivity index (χ4n) is 1.26. The molecule has 19 heavy (non-hydrogen) atoms. The van der Waals surface area contributed by atoms with Gasteiger partial charge in [0.25, 0.3) is 11.6 Å². The summed E-state index contributed by atoms with van der Waals surface area (Å²) in [4.78, 5) is 17.8. The van der Waals surface area contributed by atoms with E-state index in [0.29, 0.717) is 4.47 Å². The van der Waals surface area contributed by atoms with Gasteiger partial charge in [0, 0.05) is 18.5 Å². The van der Waals surface area contributed by atoms with Crippen molar-refractivity contribution in [2.45, 2.75) is 0 Å². The van der Waals surface area contributed by atoms with Gasteiger partial charge < -0.3 is 4.74 Å². The molecule has 2 aromatic rings. The van der Waals surface area contributed by atoms with E-state index in [1.54, 1.807) is 0 Å². The van der Waals surface area contributed by atoms with E-state index >= 15 is 0 Å². The van der Waals surface area contributed by atoms with E-state index in [1.807, 2.05) is 6.07 Å². The summed E-state index contributed by atoms with van der Waals surface area (Å²) in [7, 11) is 0. The molecule has 1 aromatic carbocycles. The van der Waals surface area contributed by atoms with Crippen LogP contribution < -0.4 is 4.74 Å². The van der Waals surface area contributed by atoms with Crippen molar-refractivity contribution in [2.75, 3.05) is 0 Å². The van der Waals surface area contributed by atoms with Crippen LogP contribution in [0.25, 0.3) is 0 Å². The molecule has 0 saturated carbocycles. The van der Waals surface area contributed by atoms with Crippen LogP contribution in [0.3, 0.4) is 0 Å². The Bertz CT molecular complexity index is 684. The number of ether oxygens (including phenoxy) is 1. The zero-order valence-electron chi connectivity index (χ0n) is 9.28. The van der Waals surface area contributed by atoms with Gasteiger partial charge >= 0.3 is 0 Å². The second kappa shape index (κ2) is 5.41. The largest absolute Gasteiger partial charge is 0.435 e. The van der Waals surface area contributed by atoms with E-state index in [-0.39, 0.29) is 23.0 Å². The van der Waals surface area contributed by atoms with E-state index in [2.05, 4.69) is 25.9 Å². The summed E-state index contributed by atoms with van der Waals surface area (Å²) in [5, 5.41) is 19.6. The van der Waals surface area contributed by atoms with Crippen molar-refractivity contribution >= 4 is 21.6 Å². The summed E-state index contributed by atoms with van der Waals surface area (Å²) in [6, 6.07) is 5.88. The minimum Gasteiger partial charge on any atom is -0.435 e. The summed E-state index contributed by atoms with van der Waals surface area (Å²) in [6.45, 7) is 0. The molecule has 0 unspecified atom stereocenters. The second-order valence-corrected chi connectivity index (χ2v) is 4.15. The van der Waals surface area contributed by atoms with Crippen molar-refractivity contribution in [2.24, 2.45) is 0 Å². The highest BCUT2D eigenvalue weighted by Gasteiger charge is 2.14. The lowest BCUT2D eigenvalue weighted by molar-refractivity contribution is -0.384. The monoisotopic (exact) mass is 320 g/mol. The molecule has 0 aliphatic carbocycles. The summed E-state index contributed by atoms with van der Waals surface area (Å²) in [6.07, 6.45) is 2.72. The molecule has 0 amide bonds. The molecule has 1 aromatic heterocycles. The minimum absolute atomic E-state index is 0.000839. The zero-order chi connectivity index (χ0) is 13.8. The number of hydrogen-bond acceptors (Lipinski definition) is 6. The number of benzene rings is 1. The van der Waals surface area contributed by atoms with Gasteiger partial charge in [0.05, 0.1) is 15.5 Å². The first-order valence-corrected chi connectivity index (χ1v) is 5.74. The van der Waals surface area contributed by atoms with Gasteiger partial charge in [0.1, 0.15) is 6.07 Å². The molecule has 0 spiro atoms. The highest BCUT2D eigenvalue weighted by Crippen LogP contribution is 2.32.